The molecule has 0 radical (unpaired) electrons. The minimum Gasteiger partial charge on any atom is -0.497 e. The van der Waals surface area contributed by atoms with Gasteiger partial charge in [0, 0.05) is 21.5 Å². The average Bonchev–Trinajstić information content (AvgIpc) is 2.73. The molecule has 0 aliphatic rings. The summed E-state index contributed by atoms with van der Waals surface area (Å²) in [7, 11) is 1.67. The van der Waals surface area contributed by atoms with Crippen molar-refractivity contribution in [1.82, 2.24) is 4.98 Å². The lowest BCUT2D eigenvalue weighted by Gasteiger charge is -2.13. The Morgan fingerprint density at radius 1 is 0.857 bits per heavy atom. The molecule has 1 heterocycles. The van der Waals surface area contributed by atoms with Gasteiger partial charge in [-0.1, -0.05) is 41.4 Å². The number of rotatable bonds is 5. The van der Waals surface area contributed by atoms with E-state index < -0.39 is 0 Å². The largest absolute Gasteiger partial charge is 0.497 e. The molecule has 28 heavy (non-hydrogen) atoms. The summed E-state index contributed by atoms with van der Waals surface area (Å²) in [5.41, 5.74) is 5.19. The number of aromatic nitrogens is 1. The molecule has 0 aliphatic heterocycles. The third-order valence-electron chi connectivity index (χ3n) is 4.66. The van der Waals surface area contributed by atoms with Gasteiger partial charge in [-0.2, -0.15) is 0 Å². The van der Waals surface area contributed by atoms with Crippen LogP contribution in [0.25, 0.3) is 22.2 Å². The summed E-state index contributed by atoms with van der Waals surface area (Å²) < 4.78 is 11.4. The Morgan fingerprint density at radius 2 is 1.57 bits per heavy atom. The fraction of sp³-hybridized carbons (Fsp3) is 0.125. The van der Waals surface area contributed by atoms with Crippen LogP contribution >= 0.6 is 11.6 Å². The second-order valence-electron chi connectivity index (χ2n) is 6.66. The van der Waals surface area contributed by atoms with E-state index in [0.29, 0.717) is 11.6 Å². The topological polar surface area (TPSA) is 31.4 Å². The predicted octanol–water partition coefficient (Wildman–Crippen LogP) is 6.45. The zero-order valence-electron chi connectivity index (χ0n) is 15.8. The molecule has 3 aromatic carbocycles. The number of benzene rings is 3. The molecule has 0 saturated heterocycles. The van der Waals surface area contributed by atoms with Crippen LogP contribution < -0.4 is 9.47 Å². The van der Waals surface area contributed by atoms with Gasteiger partial charge in [0.05, 0.1) is 18.3 Å². The van der Waals surface area contributed by atoms with Crippen molar-refractivity contribution >= 4 is 22.5 Å². The van der Waals surface area contributed by atoms with Crippen molar-refractivity contribution in [3.63, 3.8) is 0 Å². The first-order valence-electron chi connectivity index (χ1n) is 9.05. The molecule has 0 spiro atoms. The number of nitrogens with zero attached hydrogens (tertiary/aromatic N) is 1. The van der Waals surface area contributed by atoms with Crippen molar-refractivity contribution in [1.29, 1.82) is 0 Å². The first-order valence-corrected chi connectivity index (χ1v) is 9.43. The molecular formula is C24H20ClNO2. The maximum Gasteiger partial charge on any atom is 0.119 e. The van der Waals surface area contributed by atoms with E-state index in [1.165, 1.54) is 5.56 Å². The van der Waals surface area contributed by atoms with Gasteiger partial charge >= 0.3 is 0 Å². The fourth-order valence-electron chi connectivity index (χ4n) is 3.09. The summed E-state index contributed by atoms with van der Waals surface area (Å²) in [5, 5.41) is 1.71. The first-order chi connectivity index (χ1) is 13.6. The van der Waals surface area contributed by atoms with Crippen molar-refractivity contribution in [2.45, 2.75) is 13.5 Å². The van der Waals surface area contributed by atoms with Gasteiger partial charge in [-0.15, -0.1) is 0 Å². The predicted molar refractivity (Wildman–Crippen MR) is 114 cm³/mol. The molecule has 0 amide bonds. The van der Waals surface area contributed by atoms with Gasteiger partial charge in [-0.25, -0.2) is 4.98 Å². The molecule has 0 fully saturated rings. The van der Waals surface area contributed by atoms with Gasteiger partial charge < -0.3 is 9.47 Å². The first kappa shape index (κ1) is 18.3. The van der Waals surface area contributed by atoms with Crippen molar-refractivity contribution in [2.24, 2.45) is 0 Å². The smallest absolute Gasteiger partial charge is 0.119 e. The molecule has 4 heteroatoms. The Morgan fingerprint density at radius 3 is 2.29 bits per heavy atom. The molecule has 0 aliphatic carbocycles. The number of pyridine rings is 1. The van der Waals surface area contributed by atoms with E-state index in [-0.39, 0.29) is 0 Å². The van der Waals surface area contributed by atoms with Crippen LogP contribution in [0.5, 0.6) is 11.5 Å². The molecule has 4 aromatic rings. The Bertz CT molecular complexity index is 1110. The van der Waals surface area contributed by atoms with Crippen LogP contribution in [0.1, 0.15) is 11.1 Å². The Labute approximate surface area is 169 Å². The molecule has 3 nitrogen and oxygen atoms in total. The van der Waals surface area contributed by atoms with E-state index in [2.05, 4.69) is 37.3 Å². The quantitative estimate of drug-likeness (QED) is 0.393. The second kappa shape index (κ2) is 7.91. The van der Waals surface area contributed by atoms with Crippen LogP contribution in [0.15, 0.2) is 72.8 Å². The summed E-state index contributed by atoms with van der Waals surface area (Å²) in [4.78, 5) is 4.85. The SMILES string of the molecule is COc1ccc2nc(-c3ccc(C)cc3)cc(COc3ccc(Cl)cc3)c2c1. The molecule has 0 N–H and O–H groups in total. The monoisotopic (exact) mass is 389 g/mol. The third-order valence-corrected chi connectivity index (χ3v) is 4.91. The van der Waals surface area contributed by atoms with Crippen LogP contribution in [0.2, 0.25) is 5.02 Å². The molecule has 0 unspecified atom stereocenters. The van der Waals surface area contributed by atoms with Crippen LogP contribution in [-0.2, 0) is 6.61 Å². The van der Waals surface area contributed by atoms with E-state index in [4.69, 9.17) is 26.1 Å². The minimum absolute atomic E-state index is 0.423. The van der Waals surface area contributed by atoms with E-state index >= 15 is 0 Å². The van der Waals surface area contributed by atoms with Crippen LogP contribution in [0.3, 0.4) is 0 Å². The number of methoxy groups -OCH3 is 1. The Balaban J connectivity index is 1.76. The highest BCUT2D eigenvalue weighted by atomic mass is 35.5. The summed E-state index contributed by atoms with van der Waals surface area (Å²) in [6.45, 7) is 2.50. The molecular weight excluding hydrogens is 370 g/mol. The van der Waals surface area contributed by atoms with Gasteiger partial charge in [0.15, 0.2) is 0 Å². The van der Waals surface area contributed by atoms with Gasteiger partial charge in [0.25, 0.3) is 0 Å². The van der Waals surface area contributed by atoms with Crippen LogP contribution in [0, 0.1) is 6.92 Å². The standard InChI is InChI=1S/C24H20ClNO2/c1-16-3-5-17(6-4-16)24-13-18(15-28-20-9-7-19(25)8-10-20)22-14-21(27-2)11-12-23(22)26-24/h3-14H,15H2,1-2H3. The Hall–Kier alpha value is -3.04. The van der Waals surface area contributed by atoms with Crippen LogP contribution in [0.4, 0.5) is 0 Å². The zero-order chi connectivity index (χ0) is 19.5. The Kier molecular flexibility index (Phi) is 5.18. The van der Waals surface area contributed by atoms with Crippen molar-refractivity contribution in [3.05, 3.63) is 88.9 Å². The maximum absolute atomic E-state index is 6.01. The normalized spacial score (nSPS) is 10.8. The number of aryl methyl sites for hydroxylation is 1. The van der Waals surface area contributed by atoms with Crippen molar-refractivity contribution in [2.75, 3.05) is 7.11 Å². The number of ether oxygens (including phenoxy) is 2. The number of hydrogen-bond donors (Lipinski definition) is 0. The summed E-state index contributed by atoms with van der Waals surface area (Å²) in [6.07, 6.45) is 0. The van der Waals surface area contributed by atoms with E-state index in [0.717, 1.165) is 39.2 Å². The number of halogens is 1. The molecule has 0 bridgehead atoms. The van der Waals surface area contributed by atoms with Gasteiger partial charge in [-0.05, 0) is 55.5 Å². The van der Waals surface area contributed by atoms with Gasteiger partial charge in [-0.3, -0.25) is 0 Å². The fourth-order valence-corrected chi connectivity index (χ4v) is 3.21. The van der Waals surface area contributed by atoms with Crippen molar-refractivity contribution < 1.29 is 9.47 Å². The van der Waals surface area contributed by atoms with Gasteiger partial charge in [0.2, 0.25) is 0 Å². The van der Waals surface area contributed by atoms with Crippen LogP contribution in [-0.4, -0.2) is 12.1 Å². The minimum atomic E-state index is 0.423. The number of hydrogen-bond acceptors (Lipinski definition) is 3. The lowest BCUT2D eigenvalue weighted by Crippen LogP contribution is -1.99. The van der Waals surface area contributed by atoms with E-state index in [9.17, 15) is 0 Å². The summed E-state index contributed by atoms with van der Waals surface area (Å²) in [6, 6.07) is 23.8. The number of fused-ring (bicyclic) bond motifs is 1. The zero-order valence-corrected chi connectivity index (χ0v) is 16.5. The highest BCUT2D eigenvalue weighted by Gasteiger charge is 2.10. The summed E-state index contributed by atoms with van der Waals surface area (Å²) >= 11 is 5.96. The van der Waals surface area contributed by atoms with Gasteiger partial charge in [0.1, 0.15) is 18.1 Å². The van der Waals surface area contributed by atoms with E-state index in [1.54, 1.807) is 7.11 Å². The second-order valence-corrected chi connectivity index (χ2v) is 7.09. The summed E-state index contributed by atoms with van der Waals surface area (Å²) in [5.74, 6) is 1.57. The molecule has 140 valence electrons. The highest BCUT2D eigenvalue weighted by molar-refractivity contribution is 6.30. The highest BCUT2D eigenvalue weighted by Crippen LogP contribution is 2.29. The third kappa shape index (κ3) is 3.95. The average molecular weight is 390 g/mol. The van der Waals surface area contributed by atoms with Crippen molar-refractivity contribution in [3.8, 4) is 22.8 Å². The maximum atomic E-state index is 6.01. The van der Waals surface area contributed by atoms with E-state index in [1.807, 2.05) is 42.5 Å². The molecule has 0 atom stereocenters. The molecule has 0 saturated carbocycles. The lowest BCUT2D eigenvalue weighted by atomic mass is 10.0. The molecule has 4 rings (SSSR count). The molecule has 1 aromatic heterocycles. The lowest BCUT2D eigenvalue weighted by molar-refractivity contribution is 0.307.